The van der Waals surface area contributed by atoms with Gasteiger partial charge in [-0.15, -0.1) is 0 Å². The van der Waals surface area contributed by atoms with Crippen molar-refractivity contribution < 1.29 is 19.4 Å². The van der Waals surface area contributed by atoms with Gasteiger partial charge in [-0.1, -0.05) is 12.1 Å². The normalized spacial score (nSPS) is 15.9. The number of piperidine rings is 1. The Balaban J connectivity index is 2.12. The predicted octanol–water partition coefficient (Wildman–Crippen LogP) is 0.360. The molecule has 1 aromatic rings. The molecule has 0 atom stereocenters. The van der Waals surface area contributed by atoms with E-state index in [1.807, 2.05) is 17.0 Å². The lowest BCUT2D eigenvalue weighted by molar-refractivity contribution is -0.120. The van der Waals surface area contributed by atoms with Crippen molar-refractivity contribution >= 4 is 17.5 Å². The quantitative estimate of drug-likeness (QED) is 0.750. The van der Waals surface area contributed by atoms with E-state index < -0.39 is 5.91 Å². The molecule has 0 bridgehead atoms. The third-order valence-corrected chi connectivity index (χ3v) is 4.17. The number of para-hydroxylation sites is 2. The van der Waals surface area contributed by atoms with E-state index in [0.717, 1.165) is 0 Å². The number of nitrogens with zero attached hydrogens (tertiary/aromatic N) is 2. The van der Waals surface area contributed by atoms with E-state index in [-0.39, 0.29) is 31.5 Å². The van der Waals surface area contributed by atoms with Gasteiger partial charge in [-0.25, -0.2) is 0 Å². The molecule has 0 aliphatic carbocycles. The summed E-state index contributed by atoms with van der Waals surface area (Å²) in [6.07, 6.45) is 1.14. The van der Waals surface area contributed by atoms with Crippen LogP contribution in [0.15, 0.2) is 24.3 Å². The number of primary amides is 1. The summed E-state index contributed by atoms with van der Waals surface area (Å²) in [5, 5.41) is 9.57. The summed E-state index contributed by atoms with van der Waals surface area (Å²) in [6, 6.07) is 7.21. The summed E-state index contributed by atoms with van der Waals surface area (Å²) in [5.41, 5.74) is 5.87. The highest BCUT2D eigenvalue weighted by Crippen LogP contribution is 2.28. The average Bonchev–Trinajstić information content (AvgIpc) is 2.57. The summed E-state index contributed by atoms with van der Waals surface area (Å²) >= 11 is 0. The summed E-state index contributed by atoms with van der Waals surface area (Å²) in [7, 11) is 1.54. The zero-order valence-electron chi connectivity index (χ0n) is 14.0. The molecular formula is C17H25N3O4. The van der Waals surface area contributed by atoms with Crippen LogP contribution in [0.3, 0.4) is 0 Å². The topological polar surface area (TPSA) is 96.1 Å². The largest absolute Gasteiger partial charge is 0.495 e. The van der Waals surface area contributed by atoms with Crippen LogP contribution in [0.4, 0.5) is 5.69 Å². The summed E-state index contributed by atoms with van der Waals surface area (Å²) in [4.78, 5) is 27.5. The molecule has 24 heavy (non-hydrogen) atoms. The minimum atomic E-state index is -0.455. The molecule has 0 unspecified atom stereocenters. The first kappa shape index (κ1) is 18.2. The first-order valence-electron chi connectivity index (χ1n) is 8.13. The number of ether oxygens (including phenoxy) is 1. The van der Waals surface area contributed by atoms with Crippen LogP contribution in [-0.4, -0.2) is 61.2 Å². The lowest BCUT2D eigenvalue weighted by atomic mass is 10.1. The second kappa shape index (κ2) is 8.65. The Morgan fingerprint density at radius 2 is 2.00 bits per heavy atom. The molecule has 0 radical (unpaired) electrons. The van der Waals surface area contributed by atoms with Gasteiger partial charge in [-0.05, 0) is 25.0 Å². The molecular weight excluding hydrogens is 310 g/mol. The molecule has 3 N–H and O–H groups in total. The van der Waals surface area contributed by atoms with Crippen LogP contribution >= 0.6 is 0 Å². The van der Waals surface area contributed by atoms with Crippen molar-refractivity contribution in [2.24, 2.45) is 5.73 Å². The third-order valence-electron chi connectivity index (χ3n) is 4.17. The number of amides is 2. The molecule has 7 nitrogen and oxygen atoms in total. The van der Waals surface area contributed by atoms with Gasteiger partial charge >= 0.3 is 0 Å². The molecule has 132 valence electrons. The van der Waals surface area contributed by atoms with Crippen molar-refractivity contribution in [3.8, 4) is 5.75 Å². The summed E-state index contributed by atoms with van der Waals surface area (Å²) in [6.45, 7) is 1.82. The number of methoxy groups -OCH3 is 1. The van der Waals surface area contributed by atoms with Gasteiger partial charge in [0.1, 0.15) is 5.75 Å². The number of likely N-dealkylation sites (tertiary alicyclic amines) is 1. The first-order valence-corrected chi connectivity index (χ1v) is 8.13. The maximum Gasteiger partial charge on any atom is 0.241 e. The number of aliphatic hydroxyl groups excluding tert-OH is 1. The van der Waals surface area contributed by atoms with Crippen LogP contribution in [0.25, 0.3) is 0 Å². The Morgan fingerprint density at radius 1 is 1.33 bits per heavy atom. The Hall–Kier alpha value is -2.12. The van der Waals surface area contributed by atoms with Gasteiger partial charge in [-0.3, -0.25) is 14.5 Å². The van der Waals surface area contributed by atoms with Crippen molar-refractivity contribution in [1.82, 2.24) is 4.90 Å². The molecule has 1 saturated heterocycles. The number of anilines is 1. The standard InChI is InChI=1S/C17H25N3O4/c1-24-15-5-3-2-4-14(15)20(11-8-16(18)22)17(23)12-19-9-6-13(21)7-10-19/h2-5,13,21H,6-12H2,1H3,(H2,18,22). The molecule has 0 aromatic heterocycles. The maximum atomic E-state index is 12.8. The van der Waals surface area contributed by atoms with Gasteiger partial charge in [0.05, 0.1) is 25.4 Å². The first-order chi connectivity index (χ1) is 11.5. The second-order valence-corrected chi connectivity index (χ2v) is 5.94. The number of rotatable bonds is 7. The molecule has 1 aliphatic rings. The number of hydrogen-bond donors (Lipinski definition) is 2. The lowest BCUT2D eigenvalue weighted by Gasteiger charge is -2.31. The van der Waals surface area contributed by atoms with Crippen molar-refractivity contribution in [3.63, 3.8) is 0 Å². The molecule has 1 heterocycles. The highest BCUT2D eigenvalue weighted by molar-refractivity contribution is 5.96. The van der Waals surface area contributed by atoms with Crippen LogP contribution in [0.2, 0.25) is 0 Å². The Morgan fingerprint density at radius 3 is 2.62 bits per heavy atom. The number of carbonyl (C=O) groups is 2. The summed E-state index contributed by atoms with van der Waals surface area (Å²) < 4.78 is 5.33. The number of carbonyl (C=O) groups excluding carboxylic acids is 2. The van der Waals surface area contributed by atoms with Crippen LogP contribution in [-0.2, 0) is 9.59 Å². The van der Waals surface area contributed by atoms with Gasteiger partial charge < -0.3 is 20.5 Å². The third kappa shape index (κ3) is 4.94. The number of nitrogens with two attached hydrogens (primary N) is 1. The molecule has 0 saturated carbocycles. The maximum absolute atomic E-state index is 12.8. The lowest BCUT2D eigenvalue weighted by Crippen LogP contribution is -2.45. The van der Waals surface area contributed by atoms with Gasteiger partial charge in [0.2, 0.25) is 11.8 Å². The fourth-order valence-corrected chi connectivity index (χ4v) is 2.81. The van der Waals surface area contributed by atoms with Crippen molar-refractivity contribution in [3.05, 3.63) is 24.3 Å². The van der Waals surface area contributed by atoms with E-state index in [0.29, 0.717) is 37.4 Å². The van der Waals surface area contributed by atoms with E-state index in [4.69, 9.17) is 10.5 Å². The van der Waals surface area contributed by atoms with Gasteiger partial charge in [-0.2, -0.15) is 0 Å². The van der Waals surface area contributed by atoms with Gasteiger partial charge in [0, 0.05) is 26.1 Å². The molecule has 1 aromatic carbocycles. The smallest absolute Gasteiger partial charge is 0.241 e. The minimum absolute atomic E-state index is 0.0858. The molecule has 0 spiro atoms. The van der Waals surface area contributed by atoms with Crippen molar-refractivity contribution in [1.29, 1.82) is 0 Å². The average molecular weight is 335 g/mol. The monoisotopic (exact) mass is 335 g/mol. The Labute approximate surface area is 142 Å². The number of aliphatic hydroxyl groups is 1. The zero-order chi connectivity index (χ0) is 17.5. The van der Waals surface area contributed by atoms with Crippen LogP contribution < -0.4 is 15.4 Å². The fourth-order valence-electron chi connectivity index (χ4n) is 2.81. The molecule has 7 heteroatoms. The van der Waals surface area contributed by atoms with E-state index in [1.165, 1.54) is 0 Å². The molecule has 1 aliphatic heterocycles. The predicted molar refractivity (Wildman–Crippen MR) is 90.8 cm³/mol. The van der Waals surface area contributed by atoms with Crippen LogP contribution in [0.5, 0.6) is 5.75 Å². The van der Waals surface area contributed by atoms with E-state index in [2.05, 4.69) is 0 Å². The van der Waals surface area contributed by atoms with E-state index in [9.17, 15) is 14.7 Å². The van der Waals surface area contributed by atoms with E-state index >= 15 is 0 Å². The summed E-state index contributed by atoms with van der Waals surface area (Å²) in [5.74, 6) is 0.00493. The zero-order valence-corrected chi connectivity index (χ0v) is 14.0. The Bertz CT molecular complexity index is 571. The minimum Gasteiger partial charge on any atom is -0.495 e. The Kier molecular flexibility index (Phi) is 6.57. The highest BCUT2D eigenvalue weighted by Gasteiger charge is 2.24. The van der Waals surface area contributed by atoms with E-state index in [1.54, 1.807) is 24.1 Å². The molecule has 1 fully saturated rings. The second-order valence-electron chi connectivity index (χ2n) is 5.94. The van der Waals surface area contributed by atoms with Crippen molar-refractivity contribution in [2.45, 2.75) is 25.4 Å². The highest BCUT2D eigenvalue weighted by atomic mass is 16.5. The van der Waals surface area contributed by atoms with Gasteiger partial charge in [0.15, 0.2) is 0 Å². The van der Waals surface area contributed by atoms with Gasteiger partial charge in [0.25, 0.3) is 0 Å². The van der Waals surface area contributed by atoms with Crippen LogP contribution in [0.1, 0.15) is 19.3 Å². The number of hydrogen-bond acceptors (Lipinski definition) is 5. The van der Waals surface area contributed by atoms with Crippen LogP contribution in [0, 0.1) is 0 Å². The fraction of sp³-hybridized carbons (Fsp3) is 0.529. The SMILES string of the molecule is COc1ccccc1N(CCC(N)=O)C(=O)CN1CCC(O)CC1. The molecule has 2 rings (SSSR count). The number of benzene rings is 1. The van der Waals surface area contributed by atoms with Crippen molar-refractivity contribution in [2.75, 3.05) is 38.2 Å². The molecule has 2 amide bonds.